The fraction of sp³-hybridized carbons (Fsp3) is 0.286. The number of carbonyl (C=O) groups is 2. The topological polar surface area (TPSA) is 43.9 Å². The van der Waals surface area contributed by atoms with Gasteiger partial charge in [-0.15, -0.1) is 0 Å². The van der Waals surface area contributed by atoms with Gasteiger partial charge in [0, 0.05) is 31.9 Å². The van der Waals surface area contributed by atoms with Crippen LogP contribution >= 0.6 is 0 Å². The molecule has 1 heterocycles. The highest BCUT2D eigenvalue weighted by atomic mass is 16.2. The molecule has 0 spiro atoms. The fourth-order valence-electron chi connectivity index (χ4n) is 4.11. The van der Waals surface area contributed by atoms with E-state index in [1.165, 1.54) is 5.56 Å². The summed E-state index contributed by atoms with van der Waals surface area (Å²) in [4.78, 5) is 31.7. The fourth-order valence-corrected chi connectivity index (χ4v) is 4.11. The second kappa shape index (κ2) is 10.3. The molecule has 1 fully saturated rings. The van der Waals surface area contributed by atoms with Crippen LogP contribution in [0.1, 0.15) is 36.5 Å². The van der Waals surface area contributed by atoms with E-state index in [1.54, 1.807) is 9.80 Å². The smallest absolute Gasteiger partial charge is 0.325 e. The van der Waals surface area contributed by atoms with E-state index in [1.807, 2.05) is 77.7 Å². The molecule has 0 saturated carbocycles. The van der Waals surface area contributed by atoms with Crippen molar-refractivity contribution in [3.8, 4) is 0 Å². The Morgan fingerprint density at radius 2 is 1.36 bits per heavy atom. The minimum atomic E-state index is -0.111. The first-order chi connectivity index (χ1) is 16.0. The monoisotopic (exact) mass is 441 g/mol. The van der Waals surface area contributed by atoms with Crippen LogP contribution in [0, 0.1) is 0 Å². The minimum Gasteiger partial charge on any atom is -0.333 e. The van der Waals surface area contributed by atoms with Crippen molar-refractivity contribution in [2.24, 2.45) is 0 Å². The largest absolute Gasteiger partial charge is 0.333 e. The number of anilines is 1. The number of nitrogens with zero attached hydrogens (tertiary/aromatic N) is 3. The number of hydrogen-bond acceptors (Lipinski definition) is 2. The van der Waals surface area contributed by atoms with Gasteiger partial charge in [0.2, 0.25) is 5.91 Å². The maximum Gasteiger partial charge on any atom is 0.325 e. The lowest BCUT2D eigenvalue weighted by Gasteiger charge is -2.26. The minimum absolute atomic E-state index is 0.0481. The van der Waals surface area contributed by atoms with Crippen molar-refractivity contribution >= 4 is 17.6 Å². The van der Waals surface area contributed by atoms with E-state index in [9.17, 15) is 9.59 Å². The Bertz CT molecular complexity index is 1020. The normalized spacial score (nSPS) is 13.6. The van der Waals surface area contributed by atoms with E-state index in [-0.39, 0.29) is 18.5 Å². The zero-order chi connectivity index (χ0) is 23.2. The van der Waals surface area contributed by atoms with Crippen molar-refractivity contribution in [1.82, 2.24) is 9.80 Å². The summed E-state index contributed by atoms with van der Waals surface area (Å²) in [6, 6.07) is 28.0. The molecule has 33 heavy (non-hydrogen) atoms. The quantitative estimate of drug-likeness (QED) is 0.477. The third-order valence-electron chi connectivity index (χ3n) is 6.08. The number of rotatable bonds is 8. The van der Waals surface area contributed by atoms with Gasteiger partial charge >= 0.3 is 6.03 Å². The first-order valence-electron chi connectivity index (χ1n) is 11.5. The van der Waals surface area contributed by atoms with Crippen molar-refractivity contribution in [1.29, 1.82) is 0 Å². The third kappa shape index (κ3) is 5.61. The number of carbonyl (C=O) groups excluding carboxylic acids is 2. The highest BCUT2D eigenvalue weighted by Gasteiger charge is 2.32. The number of benzene rings is 3. The summed E-state index contributed by atoms with van der Waals surface area (Å²) >= 11 is 0. The summed E-state index contributed by atoms with van der Waals surface area (Å²) in [5.41, 5.74) is 4.27. The van der Waals surface area contributed by atoms with E-state index in [0.29, 0.717) is 32.1 Å². The number of urea groups is 1. The molecule has 3 amide bonds. The summed E-state index contributed by atoms with van der Waals surface area (Å²) in [5.74, 6) is 0.399. The van der Waals surface area contributed by atoms with Gasteiger partial charge in [-0.2, -0.15) is 0 Å². The van der Waals surface area contributed by atoms with E-state index in [4.69, 9.17) is 0 Å². The molecule has 0 unspecified atom stereocenters. The molecule has 0 aromatic heterocycles. The highest BCUT2D eigenvalue weighted by molar-refractivity contribution is 5.96. The predicted octanol–water partition coefficient (Wildman–Crippen LogP) is 5.28. The van der Waals surface area contributed by atoms with Crippen LogP contribution in [-0.2, 0) is 17.9 Å². The molecular formula is C28H31N3O2. The number of amides is 3. The highest BCUT2D eigenvalue weighted by Crippen LogP contribution is 2.24. The first-order valence-corrected chi connectivity index (χ1v) is 11.5. The van der Waals surface area contributed by atoms with Gasteiger partial charge in [-0.25, -0.2) is 4.79 Å². The molecule has 0 radical (unpaired) electrons. The summed E-state index contributed by atoms with van der Waals surface area (Å²) in [5, 5.41) is 0. The van der Waals surface area contributed by atoms with Gasteiger partial charge in [-0.1, -0.05) is 86.6 Å². The maximum atomic E-state index is 13.3. The molecule has 5 nitrogen and oxygen atoms in total. The van der Waals surface area contributed by atoms with Crippen LogP contribution < -0.4 is 4.90 Å². The molecule has 3 aromatic rings. The molecule has 1 aliphatic rings. The summed E-state index contributed by atoms with van der Waals surface area (Å²) < 4.78 is 0. The van der Waals surface area contributed by atoms with E-state index < -0.39 is 0 Å². The third-order valence-corrected chi connectivity index (χ3v) is 6.08. The van der Waals surface area contributed by atoms with E-state index >= 15 is 0 Å². The Balaban J connectivity index is 1.45. The zero-order valence-electron chi connectivity index (χ0n) is 19.4. The molecule has 0 atom stereocenters. The Morgan fingerprint density at radius 3 is 1.88 bits per heavy atom. The molecule has 0 N–H and O–H groups in total. The SMILES string of the molecule is CC(C)c1ccc(N2CCN(CC(=O)N(Cc3ccccc3)Cc3ccccc3)C2=O)cc1. The van der Waals surface area contributed by atoms with Crippen LogP contribution in [-0.4, -0.2) is 41.4 Å². The molecule has 5 heteroatoms. The summed E-state index contributed by atoms with van der Waals surface area (Å²) in [7, 11) is 0. The van der Waals surface area contributed by atoms with Gasteiger partial charge in [-0.05, 0) is 34.7 Å². The molecular weight excluding hydrogens is 410 g/mol. The van der Waals surface area contributed by atoms with Crippen molar-refractivity contribution < 1.29 is 9.59 Å². The number of hydrogen-bond donors (Lipinski definition) is 0. The predicted molar refractivity (Wildman–Crippen MR) is 132 cm³/mol. The summed E-state index contributed by atoms with van der Waals surface area (Å²) in [6.07, 6.45) is 0. The van der Waals surface area contributed by atoms with Gasteiger partial charge in [0.15, 0.2) is 0 Å². The molecule has 0 bridgehead atoms. The van der Waals surface area contributed by atoms with Gasteiger partial charge in [-0.3, -0.25) is 9.69 Å². The average molecular weight is 442 g/mol. The van der Waals surface area contributed by atoms with Gasteiger partial charge < -0.3 is 9.80 Å². The zero-order valence-corrected chi connectivity index (χ0v) is 19.4. The lowest BCUT2D eigenvalue weighted by Crippen LogP contribution is -2.41. The van der Waals surface area contributed by atoms with Crippen molar-refractivity contribution in [2.75, 3.05) is 24.5 Å². The van der Waals surface area contributed by atoms with Gasteiger partial charge in [0.1, 0.15) is 6.54 Å². The first kappa shape index (κ1) is 22.6. The molecule has 3 aromatic carbocycles. The summed E-state index contributed by atoms with van der Waals surface area (Å²) in [6.45, 7) is 6.54. The van der Waals surface area contributed by atoms with Crippen molar-refractivity contribution in [3.63, 3.8) is 0 Å². The Kier molecular flexibility index (Phi) is 7.08. The molecule has 1 aliphatic heterocycles. The second-order valence-electron chi connectivity index (χ2n) is 8.82. The lowest BCUT2D eigenvalue weighted by molar-refractivity contribution is -0.132. The molecule has 4 rings (SSSR count). The van der Waals surface area contributed by atoms with Crippen LogP contribution in [0.15, 0.2) is 84.9 Å². The van der Waals surface area contributed by atoms with Crippen molar-refractivity contribution in [2.45, 2.75) is 32.9 Å². The molecule has 0 aliphatic carbocycles. The van der Waals surface area contributed by atoms with Crippen LogP contribution in [0.5, 0.6) is 0 Å². The van der Waals surface area contributed by atoms with Crippen molar-refractivity contribution in [3.05, 3.63) is 102 Å². The standard InChI is InChI=1S/C28H31N3O2/c1-22(2)25-13-15-26(16-14-25)31-18-17-29(28(31)33)21-27(32)30(19-23-9-5-3-6-10-23)20-24-11-7-4-8-12-24/h3-16,22H,17-21H2,1-2H3. The Morgan fingerprint density at radius 1 is 0.818 bits per heavy atom. The Hall–Kier alpha value is -3.60. The van der Waals surface area contributed by atoms with E-state index in [2.05, 4.69) is 26.0 Å². The molecule has 170 valence electrons. The van der Waals surface area contributed by atoms with Gasteiger partial charge in [0.25, 0.3) is 0 Å². The van der Waals surface area contributed by atoms with Crippen LogP contribution in [0.4, 0.5) is 10.5 Å². The lowest BCUT2D eigenvalue weighted by atomic mass is 10.0. The average Bonchev–Trinajstić information content (AvgIpc) is 3.20. The maximum absolute atomic E-state index is 13.3. The Labute approximate surface area is 196 Å². The van der Waals surface area contributed by atoms with Crippen LogP contribution in [0.3, 0.4) is 0 Å². The van der Waals surface area contributed by atoms with E-state index in [0.717, 1.165) is 16.8 Å². The molecule has 1 saturated heterocycles. The van der Waals surface area contributed by atoms with Crippen LogP contribution in [0.2, 0.25) is 0 Å². The van der Waals surface area contributed by atoms with Crippen LogP contribution in [0.25, 0.3) is 0 Å². The van der Waals surface area contributed by atoms with Gasteiger partial charge in [0.05, 0.1) is 0 Å². The second-order valence-corrected chi connectivity index (χ2v) is 8.82.